The number of benzene rings is 4. The molecule has 4 aromatic rings. The average molecular weight is 1040 g/mol. The van der Waals surface area contributed by atoms with Gasteiger partial charge >= 0.3 is 24.1 Å². The van der Waals surface area contributed by atoms with Crippen molar-refractivity contribution in [3.63, 3.8) is 0 Å². The standard InChI is InChI=1S/C25H32N2O5.C21H24N2O5.C6H10Cl3NO/c1-18(20-13-9-6-10-14-20)26-23(29)21(15-16-22(28)32-25(2,3)4)27-24(30)31-17-19-11-7-5-8-12-19;1-15(17-10-6-3-7-11-17)22-20(26)18(12-13-19(24)25)23-21(27)28-14-16-8-4-2-5-9-16;1-5(2,3)11-4(10)6(7,8)9/h5-14,18,21H,15-17H2,1-4H3,(H,26,29)(H,27,30);2-11,15,18H,12-14H2,1H3,(H,22,26)(H,23,27)(H,24,25);10H,1-3H3/t18-,21-;15-,18-;/m00./s1. The van der Waals surface area contributed by atoms with Crippen molar-refractivity contribution in [3.8, 4) is 0 Å². The first kappa shape index (κ1) is 60.8. The summed E-state index contributed by atoms with van der Waals surface area (Å²) in [7, 11) is 0. The van der Waals surface area contributed by atoms with E-state index in [4.69, 9.17) is 64.3 Å². The van der Waals surface area contributed by atoms with E-state index >= 15 is 0 Å². The molecule has 71 heavy (non-hydrogen) atoms. The number of carbonyl (C=O) groups excluding carboxylic acids is 5. The molecule has 4 amide bonds. The van der Waals surface area contributed by atoms with Crippen molar-refractivity contribution in [3.05, 3.63) is 144 Å². The largest absolute Gasteiger partial charge is 0.481 e. The molecular weight excluding hydrogens is 977 g/mol. The fourth-order valence-electron chi connectivity index (χ4n) is 5.92. The minimum absolute atomic E-state index is 0.0198. The van der Waals surface area contributed by atoms with Crippen LogP contribution in [-0.2, 0) is 51.3 Å². The minimum Gasteiger partial charge on any atom is -0.481 e. The van der Waals surface area contributed by atoms with Crippen LogP contribution in [0.15, 0.2) is 121 Å². The van der Waals surface area contributed by atoms with Crippen molar-refractivity contribution in [1.29, 1.82) is 5.41 Å². The molecule has 0 bridgehead atoms. The highest BCUT2D eigenvalue weighted by Gasteiger charge is 2.32. The minimum atomic E-state index is -1.76. The van der Waals surface area contributed by atoms with Crippen LogP contribution in [0, 0.1) is 5.41 Å². The number of carbonyl (C=O) groups is 6. The molecule has 19 heteroatoms. The number of carboxylic acids is 1. The Morgan fingerprint density at radius 3 is 1.18 bits per heavy atom. The molecule has 0 fully saturated rings. The molecule has 4 rings (SSSR count). The van der Waals surface area contributed by atoms with Gasteiger partial charge in [0.25, 0.3) is 3.79 Å². The van der Waals surface area contributed by atoms with Gasteiger partial charge in [0, 0.05) is 12.8 Å². The number of hydrogen-bond acceptors (Lipinski definition) is 11. The second-order valence-corrected chi connectivity index (χ2v) is 20.2. The van der Waals surface area contributed by atoms with E-state index in [2.05, 4.69) is 21.3 Å². The Morgan fingerprint density at radius 1 is 0.535 bits per heavy atom. The van der Waals surface area contributed by atoms with Gasteiger partial charge in [-0.05, 0) is 90.5 Å². The van der Waals surface area contributed by atoms with Crippen LogP contribution >= 0.6 is 34.8 Å². The Hall–Kier alpha value is -6.36. The summed E-state index contributed by atoms with van der Waals surface area (Å²) >= 11 is 16.1. The predicted molar refractivity (Wildman–Crippen MR) is 274 cm³/mol. The molecule has 0 unspecified atom stereocenters. The molecule has 6 N–H and O–H groups in total. The molecular formula is C52H66Cl3N5O11. The predicted octanol–water partition coefficient (Wildman–Crippen LogP) is 10.5. The summed E-state index contributed by atoms with van der Waals surface area (Å²) < 4.78 is 18.9. The van der Waals surface area contributed by atoms with Gasteiger partial charge in [-0.15, -0.1) is 0 Å². The number of ether oxygens (including phenoxy) is 4. The summed E-state index contributed by atoms with van der Waals surface area (Å²) in [6.45, 7) is 14.4. The Bertz CT molecular complexity index is 2280. The third kappa shape index (κ3) is 27.6. The van der Waals surface area contributed by atoms with Gasteiger partial charge in [-0.1, -0.05) is 156 Å². The first-order chi connectivity index (χ1) is 33.2. The Balaban J connectivity index is 0.000000405. The summed E-state index contributed by atoms with van der Waals surface area (Å²) in [6, 6.07) is 34.7. The number of rotatable bonds is 18. The SMILES string of the molecule is CC(C)(C)OC(=N)C(Cl)(Cl)Cl.C[C@H](NC(=O)[C@H](CCC(=O)O)NC(=O)OCc1ccccc1)c1ccccc1.C[C@H](NC(=O)[C@H](CCC(=O)OC(C)(C)C)NC(=O)OCc1ccccc1)c1ccccc1. The molecule has 0 aliphatic carbocycles. The van der Waals surface area contributed by atoms with Gasteiger partial charge in [-0.2, -0.15) is 0 Å². The van der Waals surface area contributed by atoms with Gasteiger partial charge in [-0.25, -0.2) is 9.59 Å². The molecule has 0 aromatic heterocycles. The summed E-state index contributed by atoms with van der Waals surface area (Å²) in [5.74, 6) is -2.70. The molecule has 386 valence electrons. The van der Waals surface area contributed by atoms with Crippen LogP contribution in [0.2, 0.25) is 0 Å². The van der Waals surface area contributed by atoms with Crippen LogP contribution in [0.1, 0.15) is 115 Å². The number of hydrogen-bond donors (Lipinski definition) is 6. The highest BCUT2D eigenvalue weighted by Crippen LogP contribution is 2.29. The number of nitrogens with one attached hydrogen (secondary N) is 5. The van der Waals surface area contributed by atoms with Gasteiger partial charge < -0.3 is 45.3 Å². The molecule has 0 heterocycles. The number of alkyl halides is 3. The summed E-state index contributed by atoms with van der Waals surface area (Å²) in [4.78, 5) is 72.9. The van der Waals surface area contributed by atoms with Crippen LogP contribution in [0.3, 0.4) is 0 Å². The normalized spacial score (nSPS) is 12.7. The average Bonchev–Trinajstić information content (AvgIpc) is 3.30. The molecule has 0 aliphatic heterocycles. The zero-order valence-corrected chi connectivity index (χ0v) is 43.5. The van der Waals surface area contributed by atoms with E-state index < -0.39 is 63.0 Å². The lowest BCUT2D eigenvalue weighted by Gasteiger charge is -2.24. The van der Waals surface area contributed by atoms with Gasteiger partial charge in [0.2, 0.25) is 17.7 Å². The second-order valence-electron chi connectivity index (χ2n) is 17.9. The molecule has 0 saturated heterocycles. The first-order valence-corrected chi connectivity index (χ1v) is 23.8. The van der Waals surface area contributed by atoms with Crippen LogP contribution in [0.25, 0.3) is 0 Å². The Morgan fingerprint density at radius 2 is 0.873 bits per heavy atom. The zero-order valence-electron chi connectivity index (χ0n) is 41.3. The topological polar surface area (TPSA) is 232 Å². The first-order valence-electron chi connectivity index (χ1n) is 22.7. The molecule has 4 aromatic carbocycles. The maximum atomic E-state index is 12.9. The van der Waals surface area contributed by atoms with Crippen molar-refractivity contribution in [2.75, 3.05) is 0 Å². The van der Waals surface area contributed by atoms with E-state index in [1.807, 2.05) is 135 Å². The van der Waals surface area contributed by atoms with Gasteiger partial charge in [0.15, 0.2) is 0 Å². The van der Waals surface area contributed by atoms with E-state index in [1.165, 1.54) is 0 Å². The monoisotopic (exact) mass is 1040 g/mol. The van der Waals surface area contributed by atoms with Crippen LogP contribution in [0.5, 0.6) is 0 Å². The molecule has 16 nitrogen and oxygen atoms in total. The third-order valence-corrected chi connectivity index (χ3v) is 9.84. The third-order valence-electron chi connectivity index (χ3n) is 9.33. The Labute approximate surface area is 431 Å². The summed E-state index contributed by atoms with van der Waals surface area (Å²) in [5.41, 5.74) is 2.34. The lowest BCUT2D eigenvalue weighted by molar-refractivity contribution is -0.155. The van der Waals surface area contributed by atoms with Crippen LogP contribution in [-0.4, -0.2) is 74.0 Å². The van der Waals surface area contributed by atoms with Crippen LogP contribution in [0.4, 0.5) is 9.59 Å². The van der Waals surface area contributed by atoms with E-state index in [0.29, 0.717) is 0 Å². The van der Waals surface area contributed by atoms with Gasteiger partial charge in [0.1, 0.15) is 36.5 Å². The smallest absolute Gasteiger partial charge is 0.408 e. The molecule has 0 spiro atoms. The quantitative estimate of drug-likeness (QED) is 0.0180. The lowest BCUT2D eigenvalue weighted by atomic mass is 10.1. The maximum absolute atomic E-state index is 12.9. The number of amides is 4. The summed E-state index contributed by atoms with van der Waals surface area (Å²) in [6.07, 6.45) is -1.73. The van der Waals surface area contributed by atoms with E-state index in [-0.39, 0.29) is 56.9 Å². The van der Waals surface area contributed by atoms with Crippen LogP contribution < -0.4 is 21.3 Å². The highest BCUT2D eigenvalue weighted by molar-refractivity contribution is 6.76. The fraction of sp³-hybridized carbons (Fsp3) is 0.404. The number of esters is 1. The van der Waals surface area contributed by atoms with Gasteiger partial charge in [-0.3, -0.25) is 24.6 Å². The molecule has 0 radical (unpaired) electrons. The zero-order chi connectivity index (χ0) is 53.2. The van der Waals surface area contributed by atoms with Gasteiger partial charge in [0.05, 0.1) is 12.1 Å². The van der Waals surface area contributed by atoms with Crippen molar-refractivity contribution in [2.24, 2.45) is 0 Å². The lowest BCUT2D eigenvalue weighted by Crippen LogP contribution is -2.47. The second kappa shape index (κ2) is 30.4. The van der Waals surface area contributed by atoms with Crippen molar-refractivity contribution < 1.29 is 52.8 Å². The number of aliphatic carboxylic acids is 1. The number of alkyl carbamates (subject to hydrolysis) is 2. The van der Waals surface area contributed by atoms with E-state index in [1.54, 1.807) is 41.5 Å². The Kier molecular flexibility index (Phi) is 26.0. The van der Waals surface area contributed by atoms with E-state index in [0.717, 1.165) is 22.3 Å². The summed E-state index contributed by atoms with van der Waals surface area (Å²) in [5, 5.41) is 26.8. The number of carboxylic acid groups (broad SMARTS) is 1. The molecule has 4 atom stereocenters. The molecule has 0 saturated carbocycles. The van der Waals surface area contributed by atoms with Crippen molar-refractivity contribution >= 4 is 76.6 Å². The number of halogens is 3. The maximum Gasteiger partial charge on any atom is 0.408 e. The fourth-order valence-corrected chi connectivity index (χ4v) is 6.03. The highest BCUT2D eigenvalue weighted by atomic mass is 35.6. The molecule has 0 aliphatic rings. The van der Waals surface area contributed by atoms with Crippen molar-refractivity contribution in [1.82, 2.24) is 21.3 Å². The van der Waals surface area contributed by atoms with Crippen molar-refractivity contribution in [2.45, 2.75) is 133 Å². The van der Waals surface area contributed by atoms with E-state index in [9.17, 15) is 28.8 Å².